The number of aliphatic hydroxyl groups is 1. The summed E-state index contributed by atoms with van der Waals surface area (Å²) in [6.07, 6.45) is -0.428. The van der Waals surface area contributed by atoms with E-state index in [1.54, 1.807) is 13.8 Å². The molecule has 0 aliphatic rings. The Kier molecular flexibility index (Phi) is 5.58. The molecular formula is C11H14Cl2FNO3S. The first kappa shape index (κ1) is 16.7. The van der Waals surface area contributed by atoms with Gasteiger partial charge in [0.05, 0.1) is 16.1 Å². The lowest BCUT2D eigenvalue weighted by Gasteiger charge is -2.16. The van der Waals surface area contributed by atoms with Crippen LogP contribution in [0.25, 0.3) is 0 Å². The maximum Gasteiger partial charge on any atom is 0.242 e. The molecular weight excluding hydrogens is 316 g/mol. The first-order valence-electron chi connectivity index (χ1n) is 5.49. The Labute approximate surface area is 121 Å². The highest BCUT2D eigenvalue weighted by Gasteiger charge is 2.24. The highest BCUT2D eigenvalue weighted by atomic mass is 35.5. The van der Waals surface area contributed by atoms with Crippen LogP contribution in [0, 0.1) is 5.82 Å². The first-order valence-corrected chi connectivity index (χ1v) is 7.73. The molecule has 0 saturated carbocycles. The molecule has 108 valence electrons. The van der Waals surface area contributed by atoms with E-state index in [1.807, 2.05) is 0 Å². The van der Waals surface area contributed by atoms with Crippen molar-refractivity contribution in [3.8, 4) is 0 Å². The van der Waals surface area contributed by atoms with Gasteiger partial charge < -0.3 is 5.11 Å². The molecule has 19 heavy (non-hydrogen) atoms. The molecule has 0 heterocycles. The summed E-state index contributed by atoms with van der Waals surface area (Å²) in [4.78, 5) is -0.381. The van der Waals surface area contributed by atoms with Crippen LogP contribution in [0.4, 0.5) is 4.39 Å². The van der Waals surface area contributed by atoms with E-state index in [1.165, 1.54) is 0 Å². The Hall–Kier alpha value is -0.400. The lowest BCUT2D eigenvalue weighted by molar-refractivity contribution is 0.175. The number of rotatable bonds is 5. The fourth-order valence-electron chi connectivity index (χ4n) is 1.60. The van der Waals surface area contributed by atoms with Crippen molar-refractivity contribution in [1.82, 2.24) is 4.72 Å². The van der Waals surface area contributed by atoms with Crippen LogP contribution in [0.2, 0.25) is 10.0 Å². The predicted octanol–water partition coefficient (Wildman–Crippen LogP) is 2.57. The lowest BCUT2D eigenvalue weighted by atomic mass is 10.2. The maximum absolute atomic E-state index is 13.5. The molecule has 0 bridgehead atoms. The van der Waals surface area contributed by atoms with E-state index in [0.29, 0.717) is 0 Å². The Morgan fingerprint density at radius 2 is 1.95 bits per heavy atom. The van der Waals surface area contributed by atoms with E-state index in [-0.39, 0.29) is 16.3 Å². The van der Waals surface area contributed by atoms with Crippen molar-refractivity contribution < 1.29 is 17.9 Å². The molecule has 1 aromatic carbocycles. The van der Waals surface area contributed by atoms with Crippen molar-refractivity contribution >= 4 is 33.2 Å². The maximum atomic E-state index is 13.5. The number of halogens is 3. The standard InChI is InChI=1S/C11H14Cl2FNO3S/c1-6(5-7(2)16)15-19(17,18)9-4-3-8(12)11(14)10(9)13/h3-4,6-7,15-16H,5H2,1-2H3. The van der Waals surface area contributed by atoms with Gasteiger partial charge >= 0.3 is 0 Å². The first-order chi connectivity index (χ1) is 8.65. The van der Waals surface area contributed by atoms with Crippen molar-refractivity contribution in [3.63, 3.8) is 0 Å². The number of benzene rings is 1. The number of nitrogens with one attached hydrogen (secondary N) is 1. The highest BCUT2D eigenvalue weighted by molar-refractivity contribution is 7.89. The molecule has 8 heteroatoms. The van der Waals surface area contributed by atoms with Gasteiger partial charge in [-0.05, 0) is 32.4 Å². The molecule has 0 aromatic heterocycles. The molecule has 2 unspecified atom stereocenters. The minimum atomic E-state index is -3.97. The third-order valence-corrected chi connectivity index (χ3v) is 4.75. The second-order valence-corrected chi connectivity index (χ2v) is 6.75. The quantitative estimate of drug-likeness (QED) is 0.816. The Morgan fingerprint density at radius 1 is 1.37 bits per heavy atom. The number of hydrogen-bond acceptors (Lipinski definition) is 3. The normalized spacial score (nSPS) is 15.3. The molecule has 1 aromatic rings. The zero-order valence-electron chi connectivity index (χ0n) is 10.3. The number of hydrogen-bond donors (Lipinski definition) is 2. The minimum absolute atomic E-state index is 0.229. The Morgan fingerprint density at radius 3 is 2.47 bits per heavy atom. The minimum Gasteiger partial charge on any atom is -0.393 e. The third-order valence-electron chi connectivity index (χ3n) is 2.34. The van der Waals surface area contributed by atoms with Crippen LogP contribution in [0.15, 0.2) is 17.0 Å². The molecule has 0 spiro atoms. The second-order valence-electron chi connectivity index (χ2n) is 4.28. The van der Waals surface area contributed by atoms with E-state index in [0.717, 1.165) is 12.1 Å². The van der Waals surface area contributed by atoms with Gasteiger partial charge in [0, 0.05) is 6.04 Å². The summed E-state index contributed by atoms with van der Waals surface area (Å²) < 4.78 is 39.8. The molecule has 4 nitrogen and oxygen atoms in total. The molecule has 0 fully saturated rings. The molecule has 2 atom stereocenters. The van der Waals surface area contributed by atoms with E-state index in [2.05, 4.69) is 4.72 Å². The predicted molar refractivity (Wildman–Crippen MR) is 72.5 cm³/mol. The van der Waals surface area contributed by atoms with Gasteiger partial charge in [-0.15, -0.1) is 0 Å². The zero-order valence-corrected chi connectivity index (χ0v) is 12.7. The van der Waals surface area contributed by atoms with Gasteiger partial charge in [0.2, 0.25) is 10.0 Å². The number of aliphatic hydroxyl groups excluding tert-OH is 1. The van der Waals surface area contributed by atoms with Crippen molar-refractivity contribution in [2.24, 2.45) is 0 Å². The van der Waals surface area contributed by atoms with Crippen molar-refractivity contribution in [2.45, 2.75) is 37.3 Å². The highest BCUT2D eigenvalue weighted by Crippen LogP contribution is 2.29. The van der Waals surface area contributed by atoms with Crippen LogP contribution in [0.5, 0.6) is 0 Å². The largest absolute Gasteiger partial charge is 0.393 e. The van der Waals surface area contributed by atoms with Crippen molar-refractivity contribution in [2.75, 3.05) is 0 Å². The van der Waals surface area contributed by atoms with Crippen molar-refractivity contribution in [1.29, 1.82) is 0 Å². The van der Waals surface area contributed by atoms with Crippen LogP contribution in [0.3, 0.4) is 0 Å². The van der Waals surface area contributed by atoms with Gasteiger partial charge in [0.1, 0.15) is 4.90 Å². The molecule has 0 aliphatic heterocycles. The fourth-order valence-corrected chi connectivity index (χ4v) is 3.60. The molecule has 0 saturated heterocycles. The summed E-state index contributed by atoms with van der Waals surface area (Å²) in [6.45, 7) is 3.13. The molecule has 0 radical (unpaired) electrons. The molecule has 1 rings (SSSR count). The molecule has 0 amide bonds. The average molecular weight is 330 g/mol. The van der Waals surface area contributed by atoms with Crippen LogP contribution in [0.1, 0.15) is 20.3 Å². The summed E-state index contributed by atoms with van der Waals surface area (Å²) >= 11 is 11.1. The van der Waals surface area contributed by atoms with Crippen molar-refractivity contribution in [3.05, 3.63) is 28.0 Å². The van der Waals surface area contributed by atoms with E-state index in [9.17, 15) is 17.9 Å². The van der Waals surface area contributed by atoms with Crippen LogP contribution < -0.4 is 4.72 Å². The summed E-state index contributed by atoms with van der Waals surface area (Å²) in [7, 11) is -3.97. The summed E-state index contributed by atoms with van der Waals surface area (Å²) in [5.74, 6) is -0.977. The topological polar surface area (TPSA) is 66.4 Å². The summed E-state index contributed by atoms with van der Waals surface area (Å²) in [5, 5.41) is 8.39. The van der Waals surface area contributed by atoms with Gasteiger partial charge in [-0.3, -0.25) is 0 Å². The summed E-state index contributed by atoms with van der Waals surface area (Å²) in [6, 6.07) is 1.74. The van der Waals surface area contributed by atoms with E-state index in [4.69, 9.17) is 23.2 Å². The smallest absolute Gasteiger partial charge is 0.242 e. The Balaban J connectivity index is 3.05. The fraction of sp³-hybridized carbons (Fsp3) is 0.455. The van der Waals surface area contributed by atoms with Gasteiger partial charge in [-0.25, -0.2) is 17.5 Å². The van der Waals surface area contributed by atoms with E-state index >= 15 is 0 Å². The van der Waals surface area contributed by atoms with Gasteiger partial charge in [0.15, 0.2) is 5.82 Å². The molecule has 2 N–H and O–H groups in total. The third kappa shape index (κ3) is 4.29. The van der Waals surface area contributed by atoms with Gasteiger partial charge in [-0.1, -0.05) is 23.2 Å². The average Bonchev–Trinajstić information content (AvgIpc) is 2.23. The zero-order chi connectivity index (χ0) is 14.8. The number of sulfonamides is 1. The molecule has 0 aliphatic carbocycles. The monoisotopic (exact) mass is 329 g/mol. The SMILES string of the molecule is CC(O)CC(C)NS(=O)(=O)c1ccc(Cl)c(F)c1Cl. The second kappa shape index (κ2) is 6.37. The lowest BCUT2D eigenvalue weighted by Crippen LogP contribution is -2.34. The summed E-state index contributed by atoms with van der Waals surface area (Å²) in [5.41, 5.74) is 0. The van der Waals surface area contributed by atoms with Crippen LogP contribution in [-0.4, -0.2) is 25.7 Å². The Bertz CT molecular complexity index is 563. The van der Waals surface area contributed by atoms with Gasteiger partial charge in [-0.2, -0.15) is 0 Å². The van der Waals surface area contributed by atoms with Crippen LogP contribution in [-0.2, 0) is 10.0 Å². The van der Waals surface area contributed by atoms with Crippen LogP contribution >= 0.6 is 23.2 Å². The van der Waals surface area contributed by atoms with Gasteiger partial charge in [0.25, 0.3) is 0 Å². The van der Waals surface area contributed by atoms with E-state index < -0.39 is 33.0 Å².